The molecule has 66 valence electrons. The second-order valence-corrected chi connectivity index (χ2v) is 5.00. The van der Waals surface area contributed by atoms with Gasteiger partial charge in [0.2, 0.25) is 0 Å². The van der Waals surface area contributed by atoms with Gasteiger partial charge in [-0.1, -0.05) is 35.4 Å². The summed E-state index contributed by atoms with van der Waals surface area (Å²) in [6.45, 7) is 0. The highest BCUT2D eigenvalue weighted by molar-refractivity contribution is 14.1. The van der Waals surface area contributed by atoms with Crippen molar-refractivity contribution < 1.29 is 0 Å². The molecule has 4 heteroatoms. The molecule has 1 saturated carbocycles. The average molecular weight is 294 g/mol. The quantitative estimate of drug-likeness (QED) is 0.457. The van der Waals surface area contributed by atoms with Gasteiger partial charge in [0.05, 0.1) is 0 Å². The Kier molecular flexibility index (Phi) is 4.22. The molecular weight excluding hydrogens is 283 g/mol. The van der Waals surface area contributed by atoms with Crippen LogP contribution in [0.4, 0.5) is 0 Å². The molecule has 1 aliphatic rings. The first-order valence-electron chi connectivity index (χ1n) is 4.08. The number of halogens is 1. The number of nitrogens with one attached hydrogen (secondary N) is 1. The molecule has 12 heavy (non-hydrogen) atoms. The van der Waals surface area contributed by atoms with Crippen LogP contribution in [0.1, 0.15) is 25.7 Å². The molecule has 0 aliphatic heterocycles. The van der Waals surface area contributed by atoms with E-state index < -0.39 is 0 Å². The average Bonchev–Trinajstić information content (AvgIpc) is 2.09. The Labute approximate surface area is 91.9 Å². The van der Waals surface area contributed by atoms with E-state index in [4.69, 9.17) is 17.5 Å². The van der Waals surface area contributed by atoms with Gasteiger partial charge in [-0.15, -0.1) is 0 Å². The number of alkyl halides is 1. The zero-order chi connectivity index (χ0) is 8.97. The first kappa shape index (κ1) is 10.2. The predicted molar refractivity (Wildman–Crippen MR) is 61.4 cm³/mol. The lowest BCUT2D eigenvalue weighted by Crippen LogP contribution is -2.41. The number of nitrogens with zero attached hydrogens (tertiary/aromatic N) is 1. The Hall–Kier alpha value is 0.110. The van der Waals surface area contributed by atoms with Crippen molar-refractivity contribution >= 4 is 39.8 Å². The molecule has 0 amide bonds. The fraction of sp³-hybridized carbons (Fsp3) is 0.750. The molecule has 0 aromatic heterocycles. The number of hydrogen-bond donors (Lipinski definition) is 1. The van der Waals surface area contributed by atoms with E-state index in [1.165, 1.54) is 19.3 Å². The molecule has 0 aromatic carbocycles. The van der Waals surface area contributed by atoms with Gasteiger partial charge in [0.25, 0.3) is 0 Å². The molecule has 0 radical (unpaired) electrons. The van der Waals surface area contributed by atoms with Gasteiger partial charge in [0.15, 0.2) is 4.99 Å². The monoisotopic (exact) mass is 294 g/mol. The third-order valence-electron chi connectivity index (χ3n) is 2.10. The van der Waals surface area contributed by atoms with Gasteiger partial charge in [0, 0.05) is 9.97 Å². The smallest absolute Gasteiger partial charge is 0.178 e. The summed E-state index contributed by atoms with van der Waals surface area (Å²) in [6, 6.07) is 2.37. The van der Waals surface area contributed by atoms with Crippen LogP contribution in [0.25, 0.3) is 0 Å². The van der Waals surface area contributed by atoms with Crippen molar-refractivity contribution in [3.8, 4) is 6.07 Å². The molecule has 0 spiro atoms. The minimum absolute atomic E-state index is 0.337. The fourth-order valence-electron chi connectivity index (χ4n) is 1.45. The zero-order valence-electron chi connectivity index (χ0n) is 6.72. The van der Waals surface area contributed by atoms with E-state index in [1.807, 2.05) is 6.07 Å². The summed E-state index contributed by atoms with van der Waals surface area (Å²) in [5, 5.41) is 11.6. The van der Waals surface area contributed by atoms with Crippen LogP contribution in [0.3, 0.4) is 0 Å². The van der Waals surface area contributed by atoms with E-state index in [0.29, 0.717) is 15.0 Å². The van der Waals surface area contributed by atoms with Crippen molar-refractivity contribution in [2.75, 3.05) is 0 Å². The third kappa shape index (κ3) is 2.87. The molecule has 1 fully saturated rings. The number of hydrogen-bond acceptors (Lipinski definition) is 2. The summed E-state index contributed by atoms with van der Waals surface area (Å²) in [6.07, 6.45) is 4.96. The Morgan fingerprint density at radius 1 is 1.50 bits per heavy atom. The first-order chi connectivity index (χ1) is 5.74. The SMILES string of the molecule is N#CC(=S)N[C@@H]1CCCC[C@H]1I. The van der Waals surface area contributed by atoms with Gasteiger partial charge in [-0.25, -0.2) is 0 Å². The van der Waals surface area contributed by atoms with Crippen molar-refractivity contribution in [3.05, 3.63) is 0 Å². The van der Waals surface area contributed by atoms with Gasteiger partial charge in [-0.2, -0.15) is 5.26 Å². The molecule has 2 nitrogen and oxygen atoms in total. The number of nitriles is 1. The normalized spacial score (nSPS) is 29.0. The van der Waals surface area contributed by atoms with Crippen molar-refractivity contribution in [1.29, 1.82) is 5.26 Å². The lowest BCUT2D eigenvalue weighted by Gasteiger charge is -2.27. The summed E-state index contributed by atoms with van der Waals surface area (Å²) < 4.78 is 0.627. The maximum absolute atomic E-state index is 8.50. The molecule has 0 saturated heterocycles. The summed E-state index contributed by atoms with van der Waals surface area (Å²) in [5.74, 6) is 0. The molecule has 1 aliphatic carbocycles. The van der Waals surface area contributed by atoms with Crippen molar-refractivity contribution in [1.82, 2.24) is 5.32 Å². The molecule has 0 unspecified atom stereocenters. The maximum Gasteiger partial charge on any atom is 0.178 e. The third-order valence-corrected chi connectivity index (χ3v) is 3.80. The first-order valence-corrected chi connectivity index (χ1v) is 5.74. The van der Waals surface area contributed by atoms with Crippen molar-refractivity contribution in [2.24, 2.45) is 0 Å². The predicted octanol–water partition coefficient (Wildman–Crippen LogP) is 2.17. The Morgan fingerprint density at radius 3 is 2.75 bits per heavy atom. The molecular formula is C8H11IN2S. The summed E-state index contributed by atoms with van der Waals surface area (Å²) >= 11 is 7.25. The van der Waals surface area contributed by atoms with Crippen LogP contribution in [0.5, 0.6) is 0 Å². The number of thiocarbonyl (C=S) groups is 1. The van der Waals surface area contributed by atoms with Crippen molar-refractivity contribution in [3.63, 3.8) is 0 Å². The van der Waals surface area contributed by atoms with E-state index >= 15 is 0 Å². The van der Waals surface area contributed by atoms with E-state index in [0.717, 1.165) is 6.42 Å². The second-order valence-electron chi connectivity index (χ2n) is 2.99. The van der Waals surface area contributed by atoms with Gasteiger partial charge < -0.3 is 5.32 Å². The molecule has 1 N–H and O–H groups in total. The molecule has 0 aromatic rings. The van der Waals surface area contributed by atoms with Gasteiger partial charge in [-0.05, 0) is 25.1 Å². The van der Waals surface area contributed by atoms with Crippen LogP contribution >= 0.6 is 34.8 Å². The standard InChI is InChI=1S/C8H11IN2S/c9-6-3-1-2-4-7(6)11-8(12)5-10/h6-7H,1-4H2,(H,11,12)/t6-,7-/m1/s1. The van der Waals surface area contributed by atoms with Crippen molar-refractivity contribution in [2.45, 2.75) is 35.6 Å². The molecule has 1 rings (SSSR count). The molecule has 2 atom stereocenters. The maximum atomic E-state index is 8.50. The van der Waals surface area contributed by atoms with Crippen LogP contribution in [-0.2, 0) is 0 Å². The molecule has 0 heterocycles. The van der Waals surface area contributed by atoms with Gasteiger partial charge >= 0.3 is 0 Å². The van der Waals surface area contributed by atoms with E-state index in [1.54, 1.807) is 0 Å². The minimum atomic E-state index is 0.337. The lowest BCUT2D eigenvalue weighted by molar-refractivity contribution is 0.438. The Bertz CT molecular complexity index is 212. The zero-order valence-corrected chi connectivity index (χ0v) is 9.69. The minimum Gasteiger partial charge on any atom is -0.364 e. The van der Waals surface area contributed by atoms with Crippen LogP contribution in [-0.4, -0.2) is 15.0 Å². The van der Waals surface area contributed by atoms with E-state index in [9.17, 15) is 0 Å². The van der Waals surface area contributed by atoms with Crippen LogP contribution < -0.4 is 5.32 Å². The highest BCUT2D eigenvalue weighted by Crippen LogP contribution is 2.24. The Morgan fingerprint density at radius 2 is 2.17 bits per heavy atom. The summed E-state index contributed by atoms with van der Waals surface area (Å²) in [4.78, 5) is 0.337. The largest absolute Gasteiger partial charge is 0.364 e. The van der Waals surface area contributed by atoms with Crippen LogP contribution in [0.2, 0.25) is 0 Å². The second kappa shape index (κ2) is 4.97. The van der Waals surface area contributed by atoms with Crippen LogP contribution in [0, 0.1) is 11.3 Å². The topological polar surface area (TPSA) is 35.8 Å². The van der Waals surface area contributed by atoms with Crippen LogP contribution in [0.15, 0.2) is 0 Å². The van der Waals surface area contributed by atoms with Gasteiger partial charge in [-0.3, -0.25) is 0 Å². The summed E-state index contributed by atoms with van der Waals surface area (Å²) in [7, 11) is 0. The highest BCUT2D eigenvalue weighted by Gasteiger charge is 2.22. The number of rotatable bonds is 1. The van der Waals surface area contributed by atoms with E-state index in [2.05, 4.69) is 27.9 Å². The van der Waals surface area contributed by atoms with E-state index in [-0.39, 0.29) is 0 Å². The van der Waals surface area contributed by atoms with Gasteiger partial charge in [0.1, 0.15) is 6.07 Å². The highest BCUT2D eigenvalue weighted by atomic mass is 127. The molecule has 0 bridgehead atoms. The fourth-order valence-corrected chi connectivity index (χ4v) is 2.58. The Balaban J connectivity index is 2.40. The lowest BCUT2D eigenvalue weighted by atomic mass is 9.95. The summed E-state index contributed by atoms with van der Waals surface area (Å²) in [5.41, 5.74) is 0.